The van der Waals surface area contributed by atoms with Crippen LogP contribution in [0.1, 0.15) is 38.2 Å². The Morgan fingerprint density at radius 1 is 1.28 bits per heavy atom. The summed E-state index contributed by atoms with van der Waals surface area (Å²) in [5, 5.41) is 3.39. The average molecular weight is 365 g/mol. The second-order valence-electron chi connectivity index (χ2n) is 6.87. The number of ether oxygens (including phenoxy) is 1. The van der Waals surface area contributed by atoms with Crippen LogP contribution in [0.25, 0.3) is 0 Å². The van der Waals surface area contributed by atoms with Gasteiger partial charge in [0, 0.05) is 5.02 Å². The highest BCUT2D eigenvalue weighted by molar-refractivity contribution is 6.30. The van der Waals surface area contributed by atoms with Crippen LogP contribution in [0.15, 0.2) is 24.3 Å². The lowest BCUT2D eigenvalue weighted by Crippen LogP contribution is -2.49. The van der Waals surface area contributed by atoms with Crippen LogP contribution in [0, 0.1) is 5.92 Å². The number of hydrogen-bond donors (Lipinski definition) is 1. The van der Waals surface area contributed by atoms with Gasteiger partial charge in [0.2, 0.25) is 0 Å². The minimum Gasteiger partial charge on any atom is -0.459 e. The van der Waals surface area contributed by atoms with Gasteiger partial charge in [-0.1, -0.05) is 30.7 Å². The lowest BCUT2D eigenvalue weighted by molar-refractivity contribution is -0.149. The molecule has 0 atom stereocenters. The van der Waals surface area contributed by atoms with Crippen LogP contribution < -0.4 is 5.32 Å². The van der Waals surface area contributed by atoms with E-state index in [4.69, 9.17) is 16.3 Å². The van der Waals surface area contributed by atoms with Gasteiger partial charge in [-0.05, 0) is 49.3 Å². The highest BCUT2D eigenvalue weighted by Gasteiger charge is 2.52. The van der Waals surface area contributed by atoms with Gasteiger partial charge in [-0.3, -0.25) is 14.5 Å². The largest absolute Gasteiger partial charge is 0.459 e. The molecule has 1 aromatic carbocycles. The van der Waals surface area contributed by atoms with Crippen molar-refractivity contribution in [2.75, 3.05) is 6.54 Å². The van der Waals surface area contributed by atoms with Gasteiger partial charge in [-0.25, -0.2) is 4.79 Å². The van der Waals surface area contributed by atoms with Gasteiger partial charge in [0.05, 0.1) is 0 Å². The topological polar surface area (TPSA) is 75.7 Å². The zero-order chi connectivity index (χ0) is 18.0. The summed E-state index contributed by atoms with van der Waals surface area (Å²) in [6.07, 6.45) is 3.02. The molecule has 3 rings (SSSR count). The molecule has 1 aromatic rings. The Bertz CT molecular complexity index is 681. The normalized spacial score (nSPS) is 26.0. The molecule has 0 radical (unpaired) electrons. The van der Waals surface area contributed by atoms with Crippen molar-refractivity contribution in [2.24, 2.45) is 5.92 Å². The third kappa shape index (κ3) is 3.79. The highest BCUT2D eigenvalue weighted by Crippen LogP contribution is 2.36. The highest BCUT2D eigenvalue weighted by atomic mass is 35.5. The van der Waals surface area contributed by atoms with Crippen LogP contribution >= 0.6 is 11.6 Å². The van der Waals surface area contributed by atoms with E-state index in [1.54, 1.807) is 24.3 Å². The van der Waals surface area contributed by atoms with Crippen molar-refractivity contribution in [1.29, 1.82) is 0 Å². The summed E-state index contributed by atoms with van der Waals surface area (Å²) in [4.78, 5) is 37.8. The molecule has 2 aliphatic rings. The molecular weight excluding hydrogens is 344 g/mol. The van der Waals surface area contributed by atoms with E-state index in [0.29, 0.717) is 23.8 Å². The molecule has 1 aliphatic heterocycles. The smallest absolute Gasteiger partial charge is 0.326 e. The molecule has 1 N–H and O–H groups in total. The monoisotopic (exact) mass is 364 g/mol. The lowest BCUT2D eigenvalue weighted by Gasteiger charge is -2.33. The molecule has 0 unspecified atom stereocenters. The Morgan fingerprint density at radius 3 is 2.56 bits per heavy atom. The summed E-state index contributed by atoms with van der Waals surface area (Å²) in [6, 6.07) is 6.40. The number of amides is 3. The van der Waals surface area contributed by atoms with Crippen LogP contribution in [0.5, 0.6) is 0 Å². The van der Waals surface area contributed by atoms with E-state index in [0.717, 1.165) is 23.3 Å². The maximum atomic E-state index is 12.7. The van der Waals surface area contributed by atoms with Gasteiger partial charge in [-0.15, -0.1) is 0 Å². The van der Waals surface area contributed by atoms with Crippen LogP contribution in [-0.2, 0) is 20.9 Å². The van der Waals surface area contributed by atoms with E-state index in [2.05, 4.69) is 12.2 Å². The van der Waals surface area contributed by atoms with Crippen molar-refractivity contribution in [3.8, 4) is 0 Å². The zero-order valence-corrected chi connectivity index (χ0v) is 14.8. The summed E-state index contributed by atoms with van der Waals surface area (Å²) in [5.74, 6) is -0.374. The van der Waals surface area contributed by atoms with Gasteiger partial charge >= 0.3 is 12.0 Å². The number of hydrogen-bond acceptors (Lipinski definition) is 4. The van der Waals surface area contributed by atoms with Crippen LogP contribution in [-0.4, -0.2) is 34.9 Å². The molecule has 3 amide bonds. The number of nitrogens with one attached hydrogen (secondary N) is 1. The van der Waals surface area contributed by atoms with Gasteiger partial charge in [0.25, 0.3) is 5.91 Å². The average Bonchev–Trinajstić information content (AvgIpc) is 2.82. The summed E-state index contributed by atoms with van der Waals surface area (Å²) in [7, 11) is 0. The Labute approximate surface area is 151 Å². The molecule has 1 spiro atoms. The molecule has 1 heterocycles. The molecule has 0 bridgehead atoms. The third-order valence-corrected chi connectivity index (χ3v) is 5.23. The van der Waals surface area contributed by atoms with Crippen molar-refractivity contribution < 1.29 is 19.1 Å². The van der Waals surface area contributed by atoms with E-state index in [1.165, 1.54) is 0 Å². The second-order valence-corrected chi connectivity index (χ2v) is 7.31. The Morgan fingerprint density at radius 2 is 1.92 bits per heavy atom. The third-order valence-electron chi connectivity index (χ3n) is 4.97. The SMILES string of the molecule is CC1CCC2(CC1)NC(=O)N(CC(=O)OCc1ccc(Cl)cc1)C2=O. The predicted molar refractivity (Wildman–Crippen MR) is 91.9 cm³/mol. The lowest BCUT2D eigenvalue weighted by atomic mass is 9.77. The first kappa shape index (κ1) is 17.7. The first-order valence-electron chi connectivity index (χ1n) is 8.44. The number of carbonyl (C=O) groups excluding carboxylic acids is 3. The maximum Gasteiger partial charge on any atom is 0.326 e. The molecule has 1 saturated carbocycles. The molecule has 6 nitrogen and oxygen atoms in total. The van der Waals surface area contributed by atoms with Crippen molar-refractivity contribution >= 4 is 29.5 Å². The van der Waals surface area contributed by atoms with Crippen molar-refractivity contribution in [3.63, 3.8) is 0 Å². The maximum absolute atomic E-state index is 12.7. The number of esters is 1. The number of imide groups is 1. The minimum atomic E-state index is -0.833. The van der Waals surface area contributed by atoms with Gasteiger partial charge in [0.1, 0.15) is 18.7 Å². The Kier molecular flexibility index (Phi) is 4.99. The number of rotatable bonds is 4. The fraction of sp³-hybridized carbons (Fsp3) is 0.500. The van der Waals surface area contributed by atoms with Gasteiger partial charge < -0.3 is 10.1 Å². The Hall–Kier alpha value is -2.08. The van der Waals surface area contributed by atoms with Crippen LogP contribution in [0.3, 0.4) is 0 Å². The van der Waals surface area contributed by atoms with Crippen molar-refractivity contribution in [3.05, 3.63) is 34.9 Å². The standard InChI is InChI=1S/C18H21ClN2O4/c1-12-6-8-18(9-7-12)16(23)21(17(24)20-18)10-15(22)25-11-13-2-4-14(19)5-3-13/h2-5,12H,6-11H2,1H3,(H,20,24). The molecule has 134 valence electrons. The van der Waals surface area contributed by atoms with Crippen molar-refractivity contribution in [1.82, 2.24) is 10.2 Å². The summed E-state index contributed by atoms with van der Waals surface area (Å²) < 4.78 is 5.16. The first-order valence-corrected chi connectivity index (χ1v) is 8.81. The first-order chi connectivity index (χ1) is 11.9. The number of nitrogens with zero attached hydrogens (tertiary/aromatic N) is 1. The van der Waals surface area contributed by atoms with Gasteiger partial charge in [0.15, 0.2) is 0 Å². The van der Waals surface area contributed by atoms with E-state index in [9.17, 15) is 14.4 Å². The molecule has 0 aromatic heterocycles. The summed E-state index contributed by atoms with van der Waals surface area (Å²) in [6.45, 7) is 1.85. The number of halogens is 1. The number of benzene rings is 1. The summed E-state index contributed by atoms with van der Waals surface area (Å²) >= 11 is 5.80. The fourth-order valence-electron chi connectivity index (χ4n) is 3.33. The van der Waals surface area contributed by atoms with Gasteiger partial charge in [-0.2, -0.15) is 0 Å². The predicted octanol–water partition coefficient (Wildman–Crippen LogP) is 2.88. The second kappa shape index (κ2) is 7.04. The van der Waals surface area contributed by atoms with Crippen molar-refractivity contribution in [2.45, 2.75) is 44.8 Å². The molecule has 7 heteroatoms. The van der Waals surface area contributed by atoms with E-state index >= 15 is 0 Å². The van der Waals surface area contributed by atoms with Crippen LogP contribution in [0.2, 0.25) is 5.02 Å². The molecule has 1 saturated heterocycles. The quantitative estimate of drug-likeness (QED) is 0.658. The fourth-order valence-corrected chi connectivity index (χ4v) is 3.46. The number of carbonyl (C=O) groups is 3. The molecule has 2 fully saturated rings. The molecule has 25 heavy (non-hydrogen) atoms. The van der Waals surface area contributed by atoms with Crippen LogP contribution in [0.4, 0.5) is 4.79 Å². The zero-order valence-electron chi connectivity index (χ0n) is 14.1. The molecular formula is C18H21ClN2O4. The van der Waals surface area contributed by atoms with E-state index in [-0.39, 0.29) is 19.1 Å². The minimum absolute atomic E-state index is 0.0717. The van der Waals surface area contributed by atoms with E-state index < -0.39 is 17.5 Å². The van der Waals surface area contributed by atoms with E-state index in [1.807, 2.05) is 0 Å². The summed E-state index contributed by atoms with van der Waals surface area (Å²) in [5.41, 5.74) is -0.0484. The number of urea groups is 1. The molecule has 1 aliphatic carbocycles. The Balaban J connectivity index is 1.56.